The van der Waals surface area contributed by atoms with Gasteiger partial charge < -0.3 is 10.6 Å². The minimum Gasteiger partial charge on any atom is -0.399 e. The first-order valence-corrected chi connectivity index (χ1v) is 7.00. The molecule has 0 heterocycles. The van der Waals surface area contributed by atoms with Crippen LogP contribution in [0.15, 0.2) is 18.2 Å². The van der Waals surface area contributed by atoms with Crippen LogP contribution >= 0.6 is 0 Å². The van der Waals surface area contributed by atoms with Gasteiger partial charge in [0.2, 0.25) is 0 Å². The van der Waals surface area contributed by atoms with Crippen LogP contribution < -0.4 is 10.6 Å². The third kappa shape index (κ3) is 3.02. The van der Waals surface area contributed by atoms with Gasteiger partial charge in [-0.25, -0.2) is 0 Å². The molecule has 1 aromatic carbocycles. The molecule has 2 N–H and O–H groups in total. The Bertz CT molecular complexity index is 471. The van der Waals surface area contributed by atoms with Crippen molar-refractivity contribution in [1.82, 2.24) is 0 Å². The Morgan fingerprint density at radius 3 is 2.45 bits per heavy atom. The summed E-state index contributed by atoms with van der Waals surface area (Å²) in [6.45, 7) is 2.12. The lowest BCUT2D eigenvalue weighted by Gasteiger charge is -2.38. The summed E-state index contributed by atoms with van der Waals surface area (Å²) in [4.78, 5) is 1.78. The van der Waals surface area contributed by atoms with E-state index in [-0.39, 0.29) is 17.4 Å². The fraction of sp³-hybridized carbons (Fsp3) is 0.600. The SMILES string of the molecule is CC1CCCCC1N(C)c1ccc(N)cc1C(F)(F)F. The van der Waals surface area contributed by atoms with E-state index < -0.39 is 11.7 Å². The number of alkyl halides is 3. The molecule has 0 saturated heterocycles. The summed E-state index contributed by atoms with van der Waals surface area (Å²) in [6.07, 6.45) is -0.114. The monoisotopic (exact) mass is 286 g/mol. The van der Waals surface area contributed by atoms with Gasteiger partial charge in [0.25, 0.3) is 0 Å². The highest BCUT2D eigenvalue weighted by atomic mass is 19.4. The largest absolute Gasteiger partial charge is 0.418 e. The Kier molecular flexibility index (Phi) is 4.16. The van der Waals surface area contributed by atoms with Crippen molar-refractivity contribution in [2.45, 2.75) is 44.8 Å². The quantitative estimate of drug-likeness (QED) is 0.821. The summed E-state index contributed by atoms with van der Waals surface area (Å²) in [5.74, 6) is 0.410. The molecule has 2 atom stereocenters. The van der Waals surface area contributed by atoms with E-state index in [2.05, 4.69) is 6.92 Å². The minimum atomic E-state index is -4.38. The van der Waals surface area contributed by atoms with Gasteiger partial charge in [-0.05, 0) is 37.0 Å². The van der Waals surface area contributed by atoms with Crippen molar-refractivity contribution in [1.29, 1.82) is 0 Å². The molecule has 20 heavy (non-hydrogen) atoms. The van der Waals surface area contributed by atoms with Gasteiger partial charge in [-0.1, -0.05) is 19.8 Å². The van der Waals surface area contributed by atoms with Crippen molar-refractivity contribution < 1.29 is 13.2 Å². The average molecular weight is 286 g/mol. The van der Waals surface area contributed by atoms with E-state index in [1.807, 2.05) is 0 Å². The van der Waals surface area contributed by atoms with Crippen molar-refractivity contribution in [3.63, 3.8) is 0 Å². The third-order valence-electron chi connectivity index (χ3n) is 4.27. The van der Waals surface area contributed by atoms with Crippen LogP contribution in [0, 0.1) is 5.92 Å². The number of anilines is 2. The van der Waals surface area contributed by atoms with Crippen LogP contribution in [-0.4, -0.2) is 13.1 Å². The van der Waals surface area contributed by atoms with Crippen molar-refractivity contribution in [2.24, 2.45) is 5.92 Å². The number of nitrogens with two attached hydrogens (primary N) is 1. The fourth-order valence-corrected chi connectivity index (χ4v) is 3.14. The van der Waals surface area contributed by atoms with E-state index in [0.717, 1.165) is 25.3 Å². The van der Waals surface area contributed by atoms with Gasteiger partial charge in [0.05, 0.1) is 5.56 Å². The summed E-state index contributed by atoms with van der Waals surface area (Å²) < 4.78 is 39.5. The van der Waals surface area contributed by atoms with Gasteiger partial charge in [0.1, 0.15) is 0 Å². The molecule has 0 amide bonds. The Hall–Kier alpha value is -1.39. The van der Waals surface area contributed by atoms with Crippen molar-refractivity contribution >= 4 is 11.4 Å². The van der Waals surface area contributed by atoms with Crippen molar-refractivity contribution in [2.75, 3.05) is 17.7 Å². The molecule has 0 aromatic heterocycles. The van der Waals surface area contributed by atoms with Crippen LogP contribution in [0.4, 0.5) is 24.5 Å². The topological polar surface area (TPSA) is 29.3 Å². The Labute approximate surface area is 117 Å². The van der Waals surface area contributed by atoms with Gasteiger partial charge >= 0.3 is 6.18 Å². The molecule has 1 aromatic rings. The van der Waals surface area contributed by atoms with Crippen LogP contribution in [0.3, 0.4) is 0 Å². The first-order valence-electron chi connectivity index (χ1n) is 7.00. The molecule has 1 saturated carbocycles. The summed E-state index contributed by atoms with van der Waals surface area (Å²) in [5.41, 5.74) is 5.24. The lowest BCUT2D eigenvalue weighted by atomic mass is 9.84. The predicted molar refractivity (Wildman–Crippen MR) is 75.7 cm³/mol. The van der Waals surface area contributed by atoms with E-state index in [0.29, 0.717) is 5.92 Å². The van der Waals surface area contributed by atoms with Crippen LogP contribution in [0.25, 0.3) is 0 Å². The first-order chi connectivity index (χ1) is 9.30. The number of halogens is 3. The zero-order valence-electron chi connectivity index (χ0n) is 11.9. The molecule has 0 bridgehead atoms. The highest BCUT2D eigenvalue weighted by Gasteiger charge is 2.36. The lowest BCUT2D eigenvalue weighted by Crippen LogP contribution is -2.39. The van der Waals surface area contributed by atoms with E-state index in [1.165, 1.54) is 18.6 Å². The van der Waals surface area contributed by atoms with Crippen LogP contribution in [-0.2, 0) is 6.18 Å². The van der Waals surface area contributed by atoms with Crippen LogP contribution in [0.2, 0.25) is 0 Å². The lowest BCUT2D eigenvalue weighted by molar-refractivity contribution is -0.137. The third-order valence-corrected chi connectivity index (χ3v) is 4.27. The standard InChI is InChI=1S/C15H21F3N2/c1-10-5-3-4-6-13(10)20(2)14-8-7-11(19)9-12(14)15(16,17)18/h7-10,13H,3-6,19H2,1-2H3. The number of nitrogens with zero attached hydrogens (tertiary/aromatic N) is 1. The van der Waals surface area contributed by atoms with E-state index in [1.54, 1.807) is 11.9 Å². The van der Waals surface area contributed by atoms with Crippen molar-refractivity contribution in [3.8, 4) is 0 Å². The molecule has 0 aliphatic heterocycles. The van der Waals surface area contributed by atoms with Gasteiger partial charge in [-0.15, -0.1) is 0 Å². The smallest absolute Gasteiger partial charge is 0.399 e. The second-order valence-corrected chi connectivity index (χ2v) is 5.71. The highest BCUT2D eigenvalue weighted by Crippen LogP contribution is 2.40. The van der Waals surface area contributed by atoms with Gasteiger partial charge in [-0.3, -0.25) is 0 Å². The van der Waals surface area contributed by atoms with Gasteiger partial charge in [0, 0.05) is 24.5 Å². The van der Waals surface area contributed by atoms with E-state index in [9.17, 15) is 13.2 Å². The maximum atomic E-state index is 13.2. The zero-order valence-corrected chi connectivity index (χ0v) is 11.9. The summed E-state index contributed by atoms with van der Waals surface area (Å²) in [5, 5.41) is 0. The van der Waals surface area contributed by atoms with E-state index >= 15 is 0 Å². The molecule has 2 unspecified atom stereocenters. The number of benzene rings is 1. The average Bonchev–Trinajstić information content (AvgIpc) is 2.37. The molecule has 1 fully saturated rings. The molecular weight excluding hydrogens is 265 g/mol. The predicted octanol–water partition coefficient (Wildman–Crippen LogP) is 4.30. The first kappa shape index (κ1) is 15.0. The molecule has 5 heteroatoms. The molecular formula is C15H21F3N2. The van der Waals surface area contributed by atoms with Gasteiger partial charge in [0.15, 0.2) is 0 Å². The summed E-state index contributed by atoms with van der Waals surface area (Å²) in [7, 11) is 1.76. The van der Waals surface area contributed by atoms with Gasteiger partial charge in [-0.2, -0.15) is 13.2 Å². The normalized spacial score (nSPS) is 23.6. The van der Waals surface area contributed by atoms with E-state index in [4.69, 9.17) is 5.73 Å². The second kappa shape index (κ2) is 5.54. The second-order valence-electron chi connectivity index (χ2n) is 5.71. The number of hydrogen-bond donors (Lipinski definition) is 1. The number of rotatable bonds is 2. The molecule has 2 rings (SSSR count). The molecule has 112 valence electrons. The Morgan fingerprint density at radius 1 is 1.20 bits per heavy atom. The maximum Gasteiger partial charge on any atom is 0.418 e. The van der Waals surface area contributed by atoms with Crippen LogP contribution in [0.5, 0.6) is 0 Å². The zero-order chi connectivity index (χ0) is 14.9. The number of nitrogen functional groups attached to an aromatic ring is 1. The van der Waals surface area contributed by atoms with Crippen LogP contribution in [0.1, 0.15) is 38.2 Å². The molecule has 1 aliphatic rings. The Balaban J connectivity index is 2.36. The molecule has 0 spiro atoms. The molecule has 0 radical (unpaired) electrons. The fourth-order valence-electron chi connectivity index (χ4n) is 3.14. The maximum absolute atomic E-state index is 13.2. The Morgan fingerprint density at radius 2 is 1.85 bits per heavy atom. The number of hydrogen-bond acceptors (Lipinski definition) is 2. The minimum absolute atomic E-state index is 0.145. The summed E-state index contributed by atoms with van der Waals surface area (Å²) >= 11 is 0. The molecule has 2 nitrogen and oxygen atoms in total. The van der Waals surface area contributed by atoms with Crippen molar-refractivity contribution in [3.05, 3.63) is 23.8 Å². The summed E-state index contributed by atoms with van der Waals surface area (Å²) in [6, 6.07) is 4.21. The highest BCUT2D eigenvalue weighted by molar-refractivity contribution is 5.61. The molecule has 1 aliphatic carbocycles.